The average molecular weight is 200 g/mol. The number of hydrogen-bond donors (Lipinski definition) is 2. The van der Waals surface area contributed by atoms with Gasteiger partial charge in [0.25, 0.3) is 0 Å². The zero-order valence-corrected chi connectivity index (χ0v) is 9.17. The van der Waals surface area contributed by atoms with Crippen LogP contribution in [0.5, 0.6) is 0 Å². The highest BCUT2D eigenvalue weighted by molar-refractivity contribution is 5.85. The lowest BCUT2D eigenvalue weighted by Gasteiger charge is -2.25. The van der Waals surface area contributed by atoms with Gasteiger partial charge in [0.1, 0.15) is 0 Å². The van der Waals surface area contributed by atoms with E-state index in [1.54, 1.807) is 6.92 Å². The molecule has 0 bridgehead atoms. The van der Waals surface area contributed by atoms with Gasteiger partial charge in [0, 0.05) is 6.61 Å². The molecule has 3 atom stereocenters. The average Bonchev–Trinajstić information content (AvgIpc) is 2.52. The minimum atomic E-state index is -0.762. The predicted molar refractivity (Wildman–Crippen MR) is 54.8 cm³/mol. The Bertz CT molecular complexity index is 216. The SMILES string of the molecule is CCC(C)(N)C(=O)NC1CCOC1C. The Morgan fingerprint density at radius 1 is 1.71 bits per heavy atom. The molecule has 0 aromatic rings. The van der Waals surface area contributed by atoms with E-state index in [0.29, 0.717) is 6.42 Å². The van der Waals surface area contributed by atoms with Crippen LogP contribution in [0.15, 0.2) is 0 Å². The smallest absolute Gasteiger partial charge is 0.240 e. The molecule has 4 heteroatoms. The first-order valence-corrected chi connectivity index (χ1v) is 5.19. The topological polar surface area (TPSA) is 64.4 Å². The molecule has 1 saturated heterocycles. The Hall–Kier alpha value is -0.610. The van der Waals surface area contributed by atoms with E-state index in [1.807, 2.05) is 13.8 Å². The fourth-order valence-electron chi connectivity index (χ4n) is 1.42. The summed E-state index contributed by atoms with van der Waals surface area (Å²) in [7, 11) is 0. The van der Waals surface area contributed by atoms with Crippen LogP contribution in [0.4, 0.5) is 0 Å². The Morgan fingerprint density at radius 2 is 2.36 bits per heavy atom. The number of ether oxygens (including phenoxy) is 1. The van der Waals surface area contributed by atoms with Crippen molar-refractivity contribution in [2.75, 3.05) is 6.61 Å². The Labute approximate surface area is 85.2 Å². The normalized spacial score (nSPS) is 31.1. The standard InChI is InChI=1S/C10H20N2O2/c1-4-10(3,11)9(13)12-8-5-6-14-7(8)2/h7-8H,4-6,11H2,1-3H3,(H,12,13). The molecule has 0 radical (unpaired) electrons. The summed E-state index contributed by atoms with van der Waals surface area (Å²) in [4.78, 5) is 11.7. The van der Waals surface area contributed by atoms with Crippen molar-refractivity contribution >= 4 is 5.91 Å². The van der Waals surface area contributed by atoms with Crippen LogP contribution in [0.3, 0.4) is 0 Å². The monoisotopic (exact) mass is 200 g/mol. The van der Waals surface area contributed by atoms with Crippen LogP contribution < -0.4 is 11.1 Å². The zero-order valence-electron chi connectivity index (χ0n) is 9.17. The minimum Gasteiger partial charge on any atom is -0.376 e. The van der Waals surface area contributed by atoms with Gasteiger partial charge in [0.05, 0.1) is 17.7 Å². The molecule has 3 unspecified atom stereocenters. The number of nitrogens with one attached hydrogen (secondary N) is 1. The van der Waals surface area contributed by atoms with Gasteiger partial charge in [0.2, 0.25) is 5.91 Å². The number of amides is 1. The summed E-state index contributed by atoms with van der Waals surface area (Å²) in [6, 6.07) is 0.122. The summed E-state index contributed by atoms with van der Waals surface area (Å²) in [5, 5.41) is 2.93. The van der Waals surface area contributed by atoms with E-state index in [4.69, 9.17) is 10.5 Å². The van der Waals surface area contributed by atoms with Gasteiger partial charge in [-0.25, -0.2) is 0 Å². The molecular weight excluding hydrogens is 180 g/mol. The molecule has 0 aromatic carbocycles. The summed E-state index contributed by atoms with van der Waals surface area (Å²) < 4.78 is 5.36. The Morgan fingerprint density at radius 3 is 2.79 bits per heavy atom. The van der Waals surface area contributed by atoms with E-state index in [1.165, 1.54) is 0 Å². The summed E-state index contributed by atoms with van der Waals surface area (Å²) in [6.07, 6.45) is 1.62. The molecule has 4 nitrogen and oxygen atoms in total. The van der Waals surface area contributed by atoms with Crippen molar-refractivity contribution in [3.63, 3.8) is 0 Å². The van der Waals surface area contributed by atoms with Crippen LogP contribution in [0, 0.1) is 0 Å². The number of nitrogens with two attached hydrogens (primary N) is 1. The van der Waals surface area contributed by atoms with E-state index >= 15 is 0 Å². The molecule has 1 aliphatic rings. The summed E-state index contributed by atoms with van der Waals surface area (Å²) in [6.45, 7) is 6.36. The maximum absolute atomic E-state index is 11.7. The third-order valence-corrected chi connectivity index (χ3v) is 2.95. The second kappa shape index (κ2) is 4.28. The molecule has 1 heterocycles. The van der Waals surface area contributed by atoms with E-state index in [9.17, 15) is 4.79 Å². The summed E-state index contributed by atoms with van der Waals surface area (Å²) in [5.74, 6) is -0.0812. The lowest BCUT2D eigenvalue weighted by Crippen LogP contribution is -2.54. The molecule has 1 rings (SSSR count). The van der Waals surface area contributed by atoms with Crippen molar-refractivity contribution in [1.29, 1.82) is 0 Å². The van der Waals surface area contributed by atoms with Crippen molar-refractivity contribution < 1.29 is 9.53 Å². The first-order valence-electron chi connectivity index (χ1n) is 5.19. The first-order chi connectivity index (χ1) is 6.47. The van der Waals surface area contributed by atoms with E-state index < -0.39 is 5.54 Å². The van der Waals surface area contributed by atoms with Gasteiger partial charge in [-0.15, -0.1) is 0 Å². The highest BCUT2D eigenvalue weighted by atomic mass is 16.5. The van der Waals surface area contributed by atoms with Gasteiger partial charge in [-0.05, 0) is 26.7 Å². The van der Waals surface area contributed by atoms with E-state index in [0.717, 1.165) is 13.0 Å². The first kappa shape index (κ1) is 11.5. The molecule has 0 spiro atoms. The molecule has 82 valence electrons. The summed E-state index contributed by atoms with van der Waals surface area (Å²) in [5.41, 5.74) is 5.07. The molecule has 3 N–H and O–H groups in total. The quantitative estimate of drug-likeness (QED) is 0.693. The van der Waals surface area contributed by atoms with Crippen molar-refractivity contribution in [2.24, 2.45) is 5.73 Å². The molecular formula is C10H20N2O2. The molecule has 1 aliphatic heterocycles. The van der Waals surface area contributed by atoms with Crippen LogP contribution in [-0.2, 0) is 9.53 Å². The third kappa shape index (κ3) is 2.45. The lowest BCUT2D eigenvalue weighted by molar-refractivity contribution is -0.127. The molecule has 1 amide bonds. The van der Waals surface area contributed by atoms with Gasteiger partial charge in [0.15, 0.2) is 0 Å². The van der Waals surface area contributed by atoms with Crippen molar-refractivity contribution in [3.05, 3.63) is 0 Å². The largest absolute Gasteiger partial charge is 0.376 e. The van der Waals surface area contributed by atoms with Crippen molar-refractivity contribution in [2.45, 2.75) is 51.3 Å². The van der Waals surface area contributed by atoms with Crippen molar-refractivity contribution in [1.82, 2.24) is 5.32 Å². The maximum atomic E-state index is 11.7. The predicted octanol–water partition coefficient (Wildman–Crippen LogP) is 0.407. The fourth-order valence-corrected chi connectivity index (χ4v) is 1.42. The zero-order chi connectivity index (χ0) is 10.8. The fraction of sp³-hybridized carbons (Fsp3) is 0.900. The Balaban J connectivity index is 2.48. The van der Waals surface area contributed by atoms with E-state index in [-0.39, 0.29) is 18.1 Å². The molecule has 1 fully saturated rings. The van der Waals surface area contributed by atoms with Crippen LogP contribution in [0.2, 0.25) is 0 Å². The number of carbonyl (C=O) groups is 1. The van der Waals surface area contributed by atoms with Gasteiger partial charge < -0.3 is 15.8 Å². The van der Waals surface area contributed by atoms with Crippen LogP contribution in [0.25, 0.3) is 0 Å². The summed E-state index contributed by atoms with van der Waals surface area (Å²) >= 11 is 0. The molecule has 0 aromatic heterocycles. The third-order valence-electron chi connectivity index (χ3n) is 2.95. The van der Waals surface area contributed by atoms with Crippen LogP contribution >= 0.6 is 0 Å². The lowest BCUT2D eigenvalue weighted by atomic mass is 9.98. The molecule has 0 aliphatic carbocycles. The number of carbonyl (C=O) groups excluding carboxylic acids is 1. The van der Waals surface area contributed by atoms with Gasteiger partial charge in [-0.1, -0.05) is 6.92 Å². The second-order valence-electron chi connectivity index (χ2n) is 4.22. The van der Waals surface area contributed by atoms with Crippen LogP contribution in [-0.4, -0.2) is 30.2 Å². The van der Waals surface area contributed by atoms with Crippen LogP contribution in [0.1, 0.15) is 33.6 Å². The minimum absolute atomic E-state index is 0.0812. The number of hydrogen-bond acceptors (Lipinski definition) is 3. The molecule has 0 saturated carbocycles. The highest BCUT2D eigenvalue weighted by Gasteiger charge is 2.31. The maximum Gasteiger partial charge on any atom is 0.240 e. The number of rotatable bonds is 3. The van der Waals surface area contributed by atoms with Gasteiger partial charge >= 0.3 is 0 Å². The van der Waals surface area contributed by atoms with Gasteiger partial charge in [-0.2, -0.15) is 0 Å². The Kier molecular flexibility index (Phi) is 3.50. The highest BCUT2D eigenvalue weighted by Crippen LogP contribution is 2.14. The van der Waals surface area contributed by atoms with E-state index in [2.05, 4.69) is 5.32 Å². The second-order valence-corrected chi connectivity index (χ2v) is 4.22. The molecule has 14 heavy (non-hydrogen) atoms. The van der Waals surface area contributed by atoms with Crippen molar-refractivity contribution in [3.8, 4) is 0 Å². The van der Waals surface area contributed by atoms with Gasteiger partial charge in [-0.3, -0.25) is 4.79 Å².